The van der Waals surface area contributed by atoms with Crippen LogP contribution in [-0.4, -0.2) is 18.9 Å². The van der Waals surface area contributed by atoms with Crippen LogP contribution in [0.15, 0.2) is 18.2 Å². The summed E-state index contributed by atoms with van der Waals surface area (Å²) in [7, 11) is 0. The second-order valence-corrected chi connectivity index (χ2v) is 5.64. The molecular weight excluding hydrogens is 295 g/mol. The van der Waals surface area contributed by atoms with Crippen molar-refractivity contribution in [3.05, 3.63) is 28.8 Å². The smallest absolute Gasteiger partial charge is 0.381 e. The van der Waals surface area contributed by atoms with Gasteiger partial charge in [0.05, 0.1) is 6.61 Å². The van der Waals surface area contributed by atoms with E-state index in [2.05, 4.69) is 4.74 Å². The first-order chi connectivity index (χ1) is 10.1. The highest BCUT2D eigenvalue weighted by molar-refractivity contribution is 6.30. The Hall–Kier alpha value is -1.29. The third kappa shape index (κ3) is 4.34. The first-order valence-corrected chi connectivity index (χ1v) is 7.76. The molecule has 1 aromatic carbocycles. The predicted octanol–water partition coefficient (Wildman–Crippen LogP) is 4.63. The maximum absolute atomic E-state index is 13.8. The van der Waals surface area contributed by atoms with Crippen molar-refractivity contribution in [2.45, 2.75) is 51.3 Å². The fraction of sp³-hybridized carbons (Fsp3) is 0.562. The molecule has 0 aromatic heterocycles. The van der Waals surface area contributed by atoms with Crippen molar-refractivity contribution in [1.29, 1.82) is 0 Å². The van der Waals surface area contributed by atoms with Gasteiger partial charge in [0, 0.05) is 5.02 Å². The van der Waals surface area contributed by atoms with Gasteiger partial charge in [-0.1, -0.05) is 30.9 Å². The molecule has 0 aliphatic heterocycles. The van der Waals surface area contributed by atoms with Gasteiger partial charge in [-0.25, -0.2) is 4.79 Å². The highest BCUT2D eigenvalue weighted by Gasteiger charge is 2.25. The summed E-state index contributed by atoms with van der Waals surface area (Å²) in [5.74, 6) is -0.309. The average molecular weight is 315 g/mol. The number of carbonyl (C=O) groups excluding carboxylic acids is 1. The molecule has 1 unspecified atom stereocenters. The zero-order valence-electron chi connectivity index (χ0n) is 12.1. The van der Waals surface area contributed by atoms with Crippen molar-refractivity contribution in [3.63, 3.8) is 0 Å². The van der Waals surface area contributed by atoms with Crippen molar-refractivity contribution in [3.8, 4) is 5.75 Å². The Labute approximate surface area is 129 Å². The number of hydrogen-bond acceptors (Lipinski definition) is 3. The first-order valence-electron chi connectivity index (χ1n) is 7.38. The Bertz CT molecular complexity index is 486. The minimum atomic E-state index is -2.10. The molecule has 1 saturated carbocycles. The molecule has 1 aromatic rings. The maximum atomic E-state index is 13.8. The van der Waals surface area contributed by atoms with Gasteiger partial charge in [-0.05, 0) is 49.4 Å². The number of hydrogen-bond donors (Lipinski definition) is 0. The standard InChI is InChI=1S/C16H20ClFO3/c1-2-20-16(19)15(18)21-14-9-8-12(17)10-13(14)11-6-4-3-5-7-11/h8-11,15H,2-7H2,1H3. The molecule has 0 N–H and O–H groups in total. The van der Waals surface area contributed by atoms with Crippen molar-refractivity contribution in [2.75, 3.05) is 6.61 Å². The van der Waals surface area contributed by atoms with Gasteiger partial charge in [-0.3, -0.25) is 0 Å². The van der Waals surface area contributed by atoms with Crippen molar-refractivity contribution < 1.29 is 18.7 Å². The highest BCUT2D eigenvalue weighted by atomic mass is 35.5. The van der Waals surface area contributed by atoms with E-state index in [0.29, 0.717) is 16.7 Å². The van der Waals surface area contributed by atoms with Gasteiger partial charge >= 0.3 is 12.3 Å². The van der Waals surface area contributed by atoms with Crippen LogP contribution in [0.1, 0.15) is 50.5 Å². The van der Waals surface area contributed by atoms with Crippen molar-refractivity contribution >= 4 is 17.6 Å². The number of alkyl halides is 1. The van der Waals surface area contributed by atoms with Crippen LogP contribution in [0.3, 0.4) is 0 Å². The van der Waals surface area contributed by atoms with Crippen LogP contribution in [-0.2, 0) is 9.53 Å². The zero-order valence-corrected chi connectivity index (χ0v) is 12.9. The van der Waals surface area contributed by atoms with Crippen LogP contribution in [0.25, 0.3) is 0 Å². The lowest BCUT2D eigenvalue weighted by Gasteiger charge is -2.24. The molecule has 1 aliphatic carbocycles. The van der Waals surface area contributed by atoms with E-state index in [1.807, 2.05) is 6.07 Å². The van der Waals surface area contributed by atoms with E-state index in [1.54, 1.807) is 19.1 Å². The summed E-state index contributed by atoms with van der Waals surface area (Å²) in [4.78, 5) is 11.4. The van der Waals surface area contributed by atoms with Crippen LogP contribution in [0.4, 0.5) is 4.39 Å². The molecule has 0 heterocycles. The van der Waals surface area contributed by atoms with E-state index < -0.39 is 12.3 Å². The lowest BCUT2D eigenvalue weighted by Crippen LogP contribution is -2.25. The van der Waals surface area contributed by atoms with E-state index in [-0.39, 0.29) is 6.61 Å². The largest absolute Gasteiger partial charge is 0.461 e. The van der Waals surface area contributed by atoms with Gasteiger partial charge in [0.1, 0.15) is 5.75 Å². The maximum Gasteiger partial charge on any atom is 0.381 e. The quantitative estimate of drug-likeness (QED) is 0.744. The minimum absolute atomic E-state index is 0.124. The Morgan fingerprint density at radius 2 is 2.10 bits per heavy atom. The summed E-state index contributed by atoms with van der Waals surface area (Å²) < 4.78 is 23.6. The molecule has 0 bridgehead atoms. The monoisotopic (exact) mass is 314 g/mol. The predicted molar refractivity (Wildman–Crippen MR) is 79.4 cm³/mol. The molecule has 0 radical (unpaired) electrons. The number of ether oxygens (including phenoxy) is 2. The van der Waals surface area contributed by atoms with E-state index in [1.165, 1.54) is 6.42 Å². The van der Waals surface area contributed by atoms with E-state index in [0.717, 1.165) is 31.2 Å². The average Bonchev–Trinajstić information content (AvgIpc) is 2.50. The summed E-state index contributed by atoms with van der Waals surface area (Å²) in [5, 5.41) is 0.592. The normalized spacial score (nSPS) is 17.3. The molecule has 2 rings (SSSR count). The molecule has 3 nitrogen and oxygen atoms in total. The van der Waals surface area contributed by atoms with E-state index in [9.17, 15) is 9.18 Å². The zero-order chi connectivity index (χ0) is 15.2. The fourth-order valence-corrected chi connectivity index (χ4v) is 2.91. The number of esters is 1. The van der Waals surface area contributed by atoms with Crippen LogP contribution in [0.2, 0.25) is 5.02 Å². The summed E-state index contributed by atoms with van der Waals surface area (Å²) in [6, 6.07) is 5.07. The van der Waals surface area contributed by atoms with Gasteiger partial charge in [0.2, 0.25) is 0 Å². The Morgan fingerprint density at radius 3 is 2.76 bits per heavy atom. The molecule has 0 spiro atoms. The SMILES string of the molecule is CCOC(=O)C(F)Oc1ccc(Cl)cc1C1CCCCC1. The van der Waals surface area contributed by atoms with Crippen molar-refractivity contribution in [1.82, 2.24) is 0 Å². The van der Waals surface area contributed by atoms with Crippen LogP contribution >= 0.6 is 11.6 Å². The number of benzene rings is 1. The molecule has 1 fully saturated rings. The molecule has 5 heteroatoms. The molecule has 1 aliphatic rings. The van der Waals surface area contributed by atoms with Crippen molar-refractivity contribution in [2.24, 2.45) is 0 Å². The number of rotatable bonds is 5. The van der Waals surface area contributed by atoms with E-state index >= 15 is 0 Å². The summed E-state index contributed by atoms with van der Waals surface area (Å²) in [6.45, 7) is 1.75. The molecule has 1 atom stereocenters. The third-order valence-electron chi connectivity index (χ3n) is 3.72. The lowest BCUT2D eigenvalue weighted by atomic mass is 9.84. The molecule has 0 amide bonds. The second kappa shape index (κ2) is 7.64. The van der Waals surface area contributed by atoms with Gasteiger partial charge in [-0.2, -0.15) is 4.39 Å². The highest BCUT2D eigenvalue weighted by Crippen LogP contribution is 2.39. The summed E-state index contributed by atoms with van der Waals surface area (Å²) >= 11 is 6.04. The van der Waals surface area contributed by atoms with Gasteiger partial charge in [0.25, 0.3) is 0 Å². The summed E-state index contributed by atoms with van der Waals surface area (Å²) in [6.07, 6.45) is 3.48. The Balaban J connectivity index is 2.16. The molecule has 0 saturated heterocycles. The van der Waals surface area contributed by atoms with Crippen LogP contribution in [0, 0.1) is 0 Å². The van der Waals surface area contributed by atoms with E-state index in [4.69, 9.17) is 16.3 Å². The second-order valence-electron chi connectivity index (χ2n) is 5.20. The fourth-order valence-electron chi connectivity index (χ4n) is 2.73. The minimum Gasteiger partial charge on any atom is -0.461 e. The van der Waals surface area contributed by atoms with Gasteiger partial charge < -0.3 is 9.47 Å². The Morgan fingerprint density at radius 1 is 1.38 bits per heavy atom. The lowest BCUT2D eigenvalue weighted by molar-refractivity contribution is -0.159. The summed E-state index contributed by atoms with van der Waals surface area (Å²) in [5.41, 5.74) is 0.883. The van der Waals surface area contributed by atoms with Crippen LogP contribution in [0.5, 0.6) is 5.75 Å². The van der Waals surface area contributed by atoms with Crippen LogP contribution < -0.4 is 4.74 Å². The molecule has 21 heavy (non-hydrogen) atoms. The third-order valence-corrected chi connectivity index (χ3v) is 3.95. The molecular formula is C16H20ClFO3. The number of carbonyl (C=O) groups is 1. The first kappa shape index (κ1) is 16.1. The van der Waals surface area contributed by atoms with Gasteiger partial charge in [-0.15, -0.1) is 0 Å². The Kier molecular flexibility index (Phi) is 5.85. The number of halogens is 2. The molecule has 116 valence electrons. The topological polar surface area (TPSA) is 35.5 Å². The van der Waals surface area contributed by atoms with Gasteiger partial charge in [0.15, 0.2) is 0 Å².